The van der Waals surface area contributed by atoms with Crippen LogP contribution in [0.15, 0.2) is 24.3 Å². The fourth-order valence-corrected chi connectivity index (χ4v) is 2.61. The number of carbonyl (C=O) groups is 1. The Hall–Kier alpha value is -1.56. The Balaban J connectivity index is 2.02. The van der Waals surface area contributed by atoms with Gasteiger partial charge in [0.05, 0.1) is 11.0 Å². The first-order valence-corrected chi connectivity index (χ1v) is 6.85. The molecule has 0 aromatic heterocycles. The van der Waals surface area contributed by atoms with Crippen molar-refractivity contribution in [2.45, 2.75) is 26.1 Å². The second kappa shape index (κ2) is 5.67. The molecule has 1 aromatic carbocycles. The lowest BCUT2D eigenvalue weighted by Gasteiger charge is -2.28. The van der Waals surface area contributed by atoms with Gasteiger partial charge in [-0.05, 0) is 37.6 Å². The highest BCUT2D eigenvalue weighted by molar-refractivity contribution is 5.82. The van der Waals surface area contributed by atoms with E-state index in [4.69, 9.17) is 0 Å². The molecule has 1 N–H and O–H groups in total. The van der Waals surface area contributed by atoms with Crippen molar-refractivity contribution in [1.29, 1.82) is 0 Å². The maximum absolute atomic E-state index is 12.5. The topological polar surface area (TPSA) is 32.3 Å². The minimum Gasteiger partial charge on any atom is -0.341 e. The lowest BCUT2D eigenvalue weighted by Crippen LogP contribution is -2.41. The number of hydrogen-bond acceptors (Lipinski definition) is 2. The number of amides is 1. The van der Waals surface area contributed by atoms with Gasteiger partial charge in [0.15, 0.2) is 0 Å². The van der Waals surface area contributed by atoms with E-state index in [1.54, 1.807) is 11.9 Å². The molecule has 0 radical (unpaired) electrons. The summed E-state index contributed by atoms with van der Waals surface area (Å²) in [6.07, 6.45) is -3.55. The van der Waals surface area contributed by atoms with Crippen molar-refractivity contribution in [2.24, 2.45) is 5.41 Å². The molecule has 1 amide bonds. The van der Waals surface area contributed by atoms with Crippen LogP contribution in [-0.2, 0) is 17.5 Å². The zero-order valence-corrected chi connectivity index (χ0v) is 12.1. The monoisotopic (exact) mass is 300 g/mol. The van der Waals surface area contributed by atoms with E-state index in [2.05, 4.69) is 5.32 Å². The van der Waals surface area contributed by atoms with Crippen molar-refractivity contribution in [2.75, 3.05) is 20.1 Å². The van der Waals surface area contributed by atoms with Gasteiger partial charge in [-0.1, -0.05) is 12.1 Å². The number of benzene rings is 1. The van der Waals surface area contributed by atoms with Crippen molar-refractivity contribution in [3.05, 3.63) is 35.4 Å². The van der Waals surface area contributed by atoms with Crippen molar-refractivity contribution in [3.8, 4) is 0 Å². The van der Waals surface area contributed by atoms with E-state index in [-0.39, 0.29) is 5.91 Å². The smallest absolute Gasteiger partial charge is 0.341 e. The third-order valence-corrected chi connectivity index (χ3v) is 3.93. The Morgan fingerprint density at radius 3 is 2.43 bits per heavy atom. The molecule has 1 aliphatic rings. The Bertz CT molecular complexity index is 505. The van der Waals surface area contributed by atoms with Gasteiger partial charge in [-0.2, -0.15) is 13.2 Å². The Morgan fingerprint density at radius 1 is 1.33 bits per heavy atom. The number of rotatable bonds is 3. The van der Waals surface area contributed by atoms with Gasteiger partial charge >= 0.3 is 6.18 Å². The molecule has 0 aliphatic carbocycles. The molecule has 116 valence electrons. The molecule has 2 rings (SSSR count). The van der Waals surface area contributed by atoms with Crippen LogP contribution in [0.5, 0.6) is 0 Å². The number of nitrogens with zero attached hydrogens (tertiary/aromatic N) is 1. The second-order valence-electron chi connectivity index (χ2n) is 5.84. The van der Waals surface area contributed by atoms with Gasteiger partial charge in [0, 0.05) is 20.1 Å². The summed E-state index contributed by atoms with van der Waals surface area (Å²) in [4.78, 5) is 14.0. The predicted octanol–water partition coefficient (Wildman–Crippen LogP) is 2.66. The van der Waals surface area contributed by atoms with E-state index in [1.807, 2.05) is 6.92 Å². The summed E-state index contributed by atoms with van der Waals surface area (Å²) in [5.41, 5.74) is -0.402. The molecule has 1 aromatic rings. The van der Waals surface area contributed by atoms with Crippen LogP contribution in [-0.4, -0.2) is 30.9 Å². The highest BCUT2D eigenvalue weighted by Crippen LogP contribution is 2.30. The molecule has 0 spiro atoms. The van der Waals surface area contributed by atoms with Crippen LogP contribution >= 0.6 is 0 Å². The summed E-state index contributed by atoms with van der Waals surface area (Å²) in [6, 6.07) is 4.93. The van der Waals surface area contributed by atoms with Gasteiger partial charge < -0.3 is 10.2 Å². The maximum Gasteiger partial charge on any atom is 0.416 e. The van der Waals surface area contributed by atoms with E-state index >= 15 is 0 Å². The van der Waals surface area contributed by atoms with Crippen LogP contribution < -0.4 is 5.32 Å². The van der Waals surface area contributed by atoms with E-state index in [1.165, 1.54) is 12.1 Å². The standard InChI is InChI=1S/C15H19F3N2O/c1-14(7-8-19-10-14)13(21)20(2)9-11-3-5-12(6-4-11)15(16,17)18/h3-6,19H,7-10H2,1-2H3. The van der Waals surface area contributed by atoms with Crippen LogP contribution in [0.2, 0.25) is 0 Å². The number of nitrogens with one attached hydrogen (secondary N) is 1. The summed E-state index contributed by atoms with van der Waals surface area (Å²) in [7, 11) is 1.68. The van der Waals surface area contributed by atoms with E-state index in [0.29, 0.717) is 18.7 Å². The summed E-state index contributed by atoms with van der Waals surface area (Å²) in [6.45, 7) is 3.69. The van der Waals surface area contributed by atoms with Gasteiger partial charge in [-0.25, -0.2) is 0 Å². The van der Waals surface area contributed by atoms with Gasteiger partial charge in [0.2, 0.25) is 5.91 Å². The molecule has 0 saturated carbocycles. The van der Waals surface area contributed by atoms with Crippen molar-refractivity contribution >= 4 is 5.91 Å². The summed E-state index contributed by atoms with van der Waals surface area (Å²) in [5, 5.41) is 3.16. The normalized spacial score (nSPS) is 22.3. The molecule has 0 bridgehead atoms. The van der Waals surface area contributed by atoms with Crippen molar-refractivity contribution in [3.63, 3.8) is 0 Å². The van der Waals surface area contributed by atoms with Gasteiger partial charge in [0.1, 0.15) is 0 Å². The Morgan fingerprint density at radius 2 is 1.95 bits per heavy atom. The molecular weight excluding hydrogens is 281 g/mol. The first kappa shape index (κ1) is 15.8. The first-order chi connectivity index (χ1) is 9.72. The van der Waals surface area contributed by atoms with E-state index < -0.39 is 17.2 Å². The number of hydrogen-bond donors (Lipinski definition) is 1. The van der Waals surface area contributed by atoms with Crippen LogP contribution in [0.3, 0.4) is 0 Å². The van der Waals surface area contributed by atoms with Crippen LogP contribution in [0, 0.1) is 5.41 Å². The molecule has 1 saturated heterocycles. The number of alkyl halides is 3. The lowest BCUT2D eigenvalue weighted by molar-refractivity contribution is -0.139. The van der Waals surface area contributed by atoms with Crippen molar-refractivity contribution < 1.29 is 18.0 Å². The highest BCUT2D eigenvalue weighted by atomic mass is 19.4. The van der Waals surface area contributed by atoms with Gasteiger partial charge in [-0.15, -0.1) is 0 Å². The molecule has 1 heterocycles. The molecule has 21 heavy (non-hydrogen) atoms. The largest absolute Gasteiger partial charge is 0.416 e. The fourth-order valence-electron chi connectivity index (χ4n) is 2.61. The third kappa shape index (κ3) is 3.56. The molecule has 1 aliphatic heterocycles. The third-order valence-electron chi connectivity index (χ3n) is 3.93. The fraction of sp³-hybridized carbons (Fsp3) is 0.533. The molecule has 1 unspecified atom stereocenters. The Kier molecular flexibility index (Phi) is 4.27. The zero-order valence-electron chi connectivity index (χ0n) is 12.1. The molecule has 1 atom stereocenters. The van der Waals surface area contributed by atoms with Gasteiger partial charge in [0.25, 0.3) is 0 Å². The Labute approximate surface area is 122 Å². The maximum atomic E-state index is 12.5. The molecular formula is C15H19F3N2O. The predicted molar refractivity (Wildman–Crippen MR) is 73.5 cm³/mol. The summed E-state index contributed by atoms with van der Waals surface area (Å²) >= 11 is 0. The van der Waals surface area contributed by atoms with Crippen LogP contribution in [0.25, 0.3) is 0 Å². The van der Waals surface area contributed by atoms with Gasteiger partial charge in [-0.3, -0.25) is 4.79 Å². The molecule has 3 nitrogen and oxygen atoms in total. The summed E-state index contributed by atoms with van der Waals surface area (Å²) < 4.78 is 37.5. The number of carbonyl (C=O) groups excluding carboxylic acids is 1. The lowest BCUT2D eigenvalue weighted by atomic mass is 9.88. The minimum absolute atomic E-state index is 0.0207. The highest BCUT2D eigenvalue weighted by Gasteiger charge is 2.38. The van der Waals surface area contributed by atoms with Crippen LogP contribution in [0.1, 0.15) is 24.5 Å². The average Bonchev–Trinajstić information content (AvgIpc) is 2.85. The summed E-state index contributed by atoms with van der Waals surface area (Å²) in [5.74, 6) is 0.0207. The zero-order chi connectivity index (χ0) is 15.7. The molecule has 1 fully saturated rings. The van der Waals surface area contributed by atoms with Crippen molar-refractivity contribution in [1.82, 2.24) is 10.2 Å². The van der Waals surface area contributed by atoms with E-state index in [0.717, 1.165) is 25.1 Å². The average molecular weight is 300 g/mol. The SMILES string of the molecule is CN(Cc1ccc(C(F)(F)F)cc1)C(=O)C1(C)CCNC1. The van der Waals surface area contributed by atoms with Crippen LogP contribution in [0.4, 0.5) is 13.2 Å². The number of halogens is 3. The quantitative estimate of drug-likeness (QED) is 0.931. The first-order valence-electron chi connectivity index (χ1n) is 6.85. The minimum atomic E-state index is -4.33. The second-order valence-corrected chi connectivity index (χ2v) is 5.84. The molecule has 6 heteroatoms. The van der Waals surface area contributed by atoms with E-state index in [9.17, 15) is 18.0 Å².